The number of rotatable bonds is 4. The van der Waals surface area contributed by atoms with Crippen LogP contribution in [0.4, 0.5) is 5.82 Å². The van der Waals surface area contributed by atoms with Crippen molar-refractivity contribution >= 4 is 11.8 Å². The van der Waals surface area contributed by atoms with Gasteiger partial charge in [0.1, 0.15) is 5.82 Å². The van der Waals surface area contributed by atoms with E-state index in [1.165, 1.54) is 0 Å². The van der Waals surface area contributed by atoms with E-state index in [0.717, 1.165) is 11.3 Å². The van der Waals surface area contributed by atoms with Crippen LogP contribution in [-0.2, 0) is 4.74 Å². The molecule has 1 aromatic carbocycles. The number of nitrogens with zero attached hydrogens (tertiary/aromatic N) is 1. The van der Waals surface area contributed by atoms with E-state index in [1.807, 2.05) is 41.8 Å². The van der Waals surface area contributed by atoms with Gasteiger partial charge in [-0.1, -0.05) is 30.3 Å². The first kappa shape index (κ1) is 14.2. The van der Waals surface area contributed by atoms with E-state index >= 15 is 0 Å². The van der Waals surface area contributed by atoms with Crippen molar-refractivity contribution in [2.45, 2.75) is 26.8 Å². The van der Waals surface area contributed by atoms with Crippen molar-refractivity contribution in [1.29, 1.82) is 0 Å². The zero-order valence-corrected chi connectivity index (χ0v) is 12.1. The predicted octanol–water partition coefficient (Wildman–Crippen LogP) is 3.16. The van der Waals surface area contributed by atoms with Crippen molar-refractivity contribution in [2.24, 2.45) is 0 Å². The quantitative estimate of drug-likeness (QED) is 0.870. The van der Waals surface area contributed by atoms with E-state index in [0.29, 0.717) is 18.0 Å². The van der Waals surface area contributed by atoms with Crippen LogP contribution in [0.5, 0.6) is 0 Å². The number of aromatic nitrogens is 1. The van der Waals surface area contributed by atoms with Gasteiger partial charge in [0.2, 0.25) is 0 Å². The number of nitrogens with two attached hydrogens (primary N) is 1. The van der Waals surface area contributed by atoms with Gasteiger partial charge in [-0.3, -0.25) is 0 Å². The van der Waals surface area contributed by atoms with Gasteiger partial charge in [0, 0.05) is 5.69 Å². The number of hydrogen-bond acceptors (Lipinski definition) is 3. The number of carbonyl (C=O) groups is 1. The van der Waals surface area contributed by atoms with Crippen LogP contribution in [0.2, 0.25) is 0 Å². The van der Waals surface area contributed by atoms with Crippen molar-refractivity contribution < 1.29 is 9.53 Å². The fraction of sp³-hybridized carbons (Fsp3) is 0.312. The van der Waals surface area contributed by atoms with E-state index in [9.17, 15) is 4.79 Å². The van der Waals surface area contributed by atoms with Crippen molar-refractivity contribution in [1.82, 2.24) is 4.57 Å². The Kier molecular flexibility index (Phi) is 4.13. The molecule has 0 saturated heterocycles. The van der Waals surface area contributed by atoms with Crippen molar-refractivity contribution in [2.75, 3.05) is 12.3 Å². The number of nitrogen functional groups attached to an aromatic ring is 1. The first-order valence-corrected chi connectivity index (χ1v) is 6.75. The summed E-state index contributed by atoms with van der Waals surface area (Å²) >= 11 is 0. The van der Waals surface area contributed by atoms with E-state index < -0.39 is 0 Å². The van der Waals surface area contributed by atoms with Crippen LogP contribution >= 0.6 is 0 Å². The Hall–Kier alpha value is -2.23. The number of ether oxygens (including phenoxy) is 1. The molecule has 0 aliphatic carbocycles. The molecular weight excluding hydrogens is 252 g/mol. The third-order valence-electron chi connectivity index (χ3n) is 3.49. The second-order valence-electron chi connectivity index (χ2n) is 4.75. The lowest BCUT2D eigenvalue weighted by Crippen LogP contribution is -2.12. The normalized spacial score (nSPS) is 12.2. The highest BCUT2D eigenvalue weighted by Crippen LogP contribution is 2.27. The lowest BCUT2D eigenvalue weighted by Gasteiger charge is -2.18. The van der Waals surface area contributed by atoms with Gasteiger partial charge in [0.15, 0.2) is 0 Å². The summed E-state index contributed by atoms with van der Waals surface area (Å²) in [6.45, 7) is 6.10. The molecule has 2 N–H and O–H groups in total. The first-order valence-electron chi connectivity index (χ1n) is 6.75. The summed E-state index contributed by atoms with van der Waals surface area (Å²) in [6, 6.07) is 11.8. The molecule has 1 atom stereocenters. The van der Waals surface area contributed by atoms with Gasteiger partial charge in [0.25, 0.3) is 0 Å². The van der Waals surface area contributed by atoms with Gasteiger partial charge in [-0.2, -0.15) is 0 Å². The van der Waals surface area contributed by atoms with Gasteiger partial charge < -0.3 is 15.0 Å². The molecule has 0 saturated carbocycles. The molecule has 0 amide bonds. The maximum absolute atomic E-state index is 11.9. The number of anilines is 1. The molecule has 2 aromatic rings. The second-order valence-corrected chi connectivity index (χ2v) is 4.75. The molecule has 106 valence electrons. The molecule has 0 unspecified atom stereocenters. The Morgan fingerprint density at radius 1 is 1.35 bits per heavy atom. The zero-order valence-electron chi connectivity index (χ0n) is 12.1. The van der Waals surface area contributed by atoms with Gasteiger partial charge in [-0.25, -0.2) is 4.79 Å². The van der Waals surface area contributed by atoms with Crippen LogP contribution in [0.15, 0.2) is 36.4 Å². The Labute approximate surface area is 119 Å². The van der Waals surface area contributed by atoms with Crippen LogP contribution in [0.1, 0.15) is 41.5 Å². The third-order valence-corrected chi connectivity index (χ3v) is 3.49. The highest BCUT2D eigenvalue weighted by molar-refractivity contribution is 5.92. The van der Waals surface area contributed by atoms with Crippen LogP contribution in [0.3, 0.4) is 0 Å². The van der Waals surface area contributed by atoms with Crippen LogP contribution in [0, 0.1) is 6.92 Å². The summed E-state index contributed by atoms with van der Waals surface area (Å²) < 4.78 is 7.01. The molecule has 20 heavy (non-hydrogen) atoms. The van der Waals surface area contributed by atoms with Crippen LogP contribution in [0.25, 0.3) is 0 Å². The number of carbonyl (C=O) groups excluding carboxylic acids is 1. The Balaban J connectivity index is 2.40. The molecule has 0 bridgehead atoms. The fourth-order valence-electron chi connectivity index (χ4n) is 2.46. The van der Waals surface area contributed by atoms with Gasteiger partial charge in [-0.05, 0) is 32.4 Å². The maximum Gasteiger partial charge on any atom is 0.340 e. The Morgan fingerprint density at radius 2 is 2.00 bits per heavy atom. The summed E-state index contributed by atoms with van der Waals surface area (Å²) in [5.41, 5.74) is 8.58. The highest BCUT2D eigenvalue weighted by Gasteiger charge is 2.20. The molecule has 4 nitrogen and oxygen atoms in total. The fourth-order valence-corrected chi connectivity index (χ4v) is 2.46. The summed E-state index contributed by atoms with van der Waals surface area (Å²) in [6.07, 6.45) is 0. The Bertz CT molecular complexity index is 602. The molecule has 0 fully saturated rings. The SMILES string of the molecule is CCOC(=O)c1cc(N)n([C@H](C)c2ccccc2)c1C. The number of hydrogen-bond donors (Lipinski definition) is 1. The molecule has 4 heteroatoms. The second kappa shape index (κ2) is 5.82. The molecular formula is C16H20N2O2. The maximum atomic E-state index is 11.9. The molecule has 1 heterocycles. The predicted molar refractivity (Wildman–Crippen MR) is 79.8 cm³/mol. The lowest BCUT2D eigenvalue weighted by molar-refractivity contribution is 0.0525. The average Bonchev–Trinajstić information content (AvgIpc) is 2.75. The summed E-state index contributed by atoms with van der Waals surface area (Å²) in [4.78, 5) is 11.9. The minimum Gasteiger partial charge on any atom is -0.462 e. The molecule has 1 aromatic heterocycles. The largest absolute Gasteiger partial charge is 0.462 e. The standard InChI is InChI=1S/C16H20N2O2/c1-4-20-16(19)14-10-15(17)18(12(14)3)11(2)13-8-6-5-7-9-13/h5-11H,4,17H2,1-3H3/t11-/m1/s1. The number of esters is 1. The zero-order chi connectivity index (χ0) is 14.7. The summed E-state index contributed by atoms with van der Waals surface area (Å²) in [7, 11) is 0. The van der Waals surface area contributed by atoms with Gasteiger partial charge in [0.05, 0.1) is 18.2 Å². The number of benzene rings is 1. The van der Waals surface area contributed by atoms with E-state index in [2.05, 4.69) is 6.92 Å². The molecule has 2 rings (SSSR count). The molecule has 0 spiro atoms. The van der Waals surface area contributed by atoms with E-state index in [-0.39, 0.29) is 12.0 Å². The minimum atomic E-state index is -0.323. The van der Waals surface area contributed by atoms with Crippen LogP contribution < -0.4 is 5.73 Å². The smallest absolute Gasteiger partial charge is 0.340 e. The summed E-state index contributed by atoms with van der Waals surface area (Å²) in [5, 5.41) is 0. The monoisotopic (exact) mass is 272 g/mol. The highest BCUT2D eigenvalue weighted by atomic mass is 16.5. The van der Waals surface area contributed by atoms with E-state index in [4.69, 9.17) is 10.5 Å². The lowest BCUT2D eigenvalue weighted by atomic mass is 10.1. The first-order chi connectivity index (χ1) is 9.56. The minimum absolute atomic E-state index is 0.0689. The molecule has 0 aliphatic heterocycles. The van der Waals surface area contributed by atoms with E-state index in [1.54, 1.807) is 13.0 Å². The molecule has 0 radical (unpaired) electrons. The van der Waals surface area contributed by atoms with Crippen molar-refractivity contribution in [3.8, 4) is 0 Å². The average molecular weight is 272 g/mol. The third kappa shape index (κ3) is 2.54. The Morgan fingerprint density at radius 3 is 2.60 bits per heavy atom. The topological polar surface area (TPSA) is 57.2 Å². The molecule has 0 aliphatic rings. The van der Waals surface area contributed by atoms with Gasteiger partial charge in [-0.15, -0.1) is 0 Å². The van der Waals surface area contributed by atoms with Crippen LogP contribution in [-0.4, -0.2) is 17.1 Å². The summed E-state index contributed by atoms with van der Waals surface area (Å²) in [5.74, 6) is 0.248. The van der Waals surface area contributed by atoms with Crippen molar-refractivity contribution in [3.63, 3.8) is 0 Å². The van der Waals surface area contributed by atoms with Gasteiger partial charge >= 0.3 is 5.97 Å². The van der Waals surface area contributed by atoms with Crippen molar-refractivity contribution in [3.05, 3.63) is 53.2 Å².